The third kappa shape index (κ3) is 2.61. The van der Waals surface area contributed by atoms with Gasteiger partial charge in [-0.3, -0.25) is 9.59 Å². The molecule has 0 aromatic carbocycles. The van der Waals surface area contributed by atoms with Crippen LogP contribution in [0.4, 0.5) is 0 Å². The Labute approximate surface area is 114 Å². The smallest absolute Gasteiger partial charge is 0.242 e. The lowest BCUT2D eigenvalue weighted by Crippen LogP contribution is -2.43. The molecule has 0 aromatic heterocycles. The maximum absolute atomic E-state index is 12.3. The third-order valence-electron chi connectivity index (χ3n) is 4.66. The number of amides is 2. The van der Waals surface area contributed by atoms with Gasteiger partial charge in [0.05, 0.1) is 12.5 Å². The Balaban J connectivity index is 1.57. The quantitative estimate of drug-likeness (QED) is 0.776. The topological polar surface area (TPSA) is 52.7 Å². The maximum Gasteiger partial charge on any atom is 0.242 e. The molecule has 3 fully saturated rings. The molecule has 2 unspecified atom stereocenters. The standard InChI is InChI=1S/C14H23N3O2/c18-13(16-7-2-1-3-8-16)10-17-9-12-11(14(17)19)5-4-6-15-12/h11-12,15H,1-10H2. The Kier molecular flexibility index (Phi) is 3.73. The number of piperidine rings is 2. The Morgan fingerprint density at radius 3 is 2.74 bits per heavy atom. The maximum atomic E-state index is 12.3. The fourth-order valence-corrected chi connectivity index (χ4v) is 3.55. The van der Waals surface area contributed by atoms with E-state index in [0.717, 1.165) is 45.3 Å². The molecule has 0 saturated carbocycles. The zero-order chi connectivity index (χ0) is 13.2. The minimum atomic E-state index is 0.114. The van der Waals surface area contributed by atoms with Crippen molar-refractivity contribution in [1.82, 2.24) is 15.1 Å². The molecule has 5 heteroatoms. The number of likely N-dealkylation sites (tertiary alicyclic amines) is 2. The van der Waals surface area contributed by atoms with Crippen molar-refractivity contribution < 1.29 is 9.59 Å². The van der Waals surface area contributed by atoms with Crippen molar-refractivity contribution in [2.75, 3.05) is 32.7 Å². The molecule has 0 radical (unpaired) electrons. The van der Waals surface area contributed by atoms with Crippen molar-refractivity contribution in [2.24, 2.45) is 5.92 Å². The van der Waals surface area contributed by atoms with E-state index >= 15 is 0 Å². The van der Waals surface area contributed by atoms with Crippen LogP contribution in [0.5, 0.6) is 0 Å². The van der Waals surface area contributed by atoms with Crippen LogP contribution in [-0.2, 0) is 9.59 Å². The summed E-state index contributed by atoms with van der Waals surface area (Å²) in [4.78, 5) is 28.2. The molecule has 106 valence electrons. The van der Waals surface area contributed by atoms with Gasteiger partial charge in [0, 0.05) is 25.7 Å². The lowest BCUT2D eigenvalue weighted by atomic mass is 9.94. The van der Waals surface area contributed by atoms with E-state index in [1.165, 1.54) is 6.42 Å². The van der Waals surface area contributed by atoms with Crippen molar-refractivity contribution in [1.29, 1.82) is 0 Å². The van der Waals surface area contributed by atoms with Crippen LogP contribution in [0.3, 0.4) is 0 Å². The molecule has 1 N–H and O–H groups in total. The molecule has 3 saturated heterocycles. The average molecular weight is 265 g/mol. The van der Waals surface area contributed by atoms with Gasteiger partial charge in [0.25, 0.3) is 0 Å². The second-order valence-corrected chi connectivity index (χ2v) is 5.97. The molecule has 3 aliphatic rings. The number of hydrogen-bond donors (Lipinski definition) is 1. The van der Waals surface area contributed by atoms with E-state index in [1.54, 1.807) is 4.90 Å². The Bertz CT molecular complexity index is 366. The second-order valence-electron chi connectivity index (χ2n) is 5.97. The summed E-state index contributed by atoms with van der Waals surface area (Å²) in [6.07, 6.45) is 5.48. The molecule has 2 atom stereocenters. The fraction of sp³-hybridized carbons (Fsp3) is 0.857. The van der Waals surface area contributed by atoms with Gasteiger partial charge in [0.2, 0.25) is 11.8 Å². The highest BCUT2D eigenvalue weighted by atomic mass is 16.2. The van der Waals surface area contributed by atoms with E-state index < -0.39 is 0 Å². The first-order chi connectivity index (χ1) is 9.25. The SMILES string of the molecule is O=C(CN1CC2NCCCC2C1=O)N1CCCCC1. The lowest BCUT2D eigenvalue weighted by molar-refractivity contribution is -0.140. The molecule has 0 aromatic rings. The third-order valence-corrected chi connectivity index (χ3v) is 4.66. The van der Waals surface area contributed by atoms with E-state index in [0.29, 0.717) is 6.54 Å². The number of rotatable bonds is 2. The average Bonchev–Trinajstić information content (AvgIpc) is 2.77. The first kappa shape index (κ1) is 12.9. The van der Waals surface area contributed by atoms with Crippen LogP contribution >= 0.6 is 0 Å². The van der Waals surface area contributed by atoms with Gasteiger partial charge in [-0.1, -0.05) is 0 Å². The zero-order valence-corrected chi connectivity index (χ0v) is 11.4. The van der Waals surface area contributed by atoms with Crippen LogP contribution in [0.15, 0.2) is 0 Å². The van der Waals surface area contributed by atoms with Crippen LogP contribution in [0.1, 0.15) is 32.1 Å². The highest BCUT2D eigenvalue weighted by Gasteiger charge is 2.42. The number of nitrogens with zero attached hydrogens (tertiary/aromatic N) is 2. The van der Waals surface area contributed by atoms with Crippen LogP contribution in [0.2, 0.25) is 0 Å². The normalized spacial score (nSPS) is 31.5. The van der Waals surface area contributed by atoms with E-state index in [-0.39, 0.29) is 30.3 Å². The van der Waals surface area contributed by atoms with E-state index in [9.17, 15) is 9.59 Å². The van der Waals surface area contributed by atoms with Crippen LogP contribution in [0.25, 0.3) is 0 Å². The largest absolute Gasteiger partial charge is 0.341 e. The van der Waals surface area contributed by atoms with Gasteiger partial charge in [0.1, 0.15) is 0 Å². The van der Waals surface area contributed by atoms with E-state index in [2.05, 4.69) is 5.32 Å². The molecule has 0 aliphatic carbocycles. The monoisotopic (exact) mass is 265 g/mol. The van der Waals surface area contributed by atoms with Crippen LogP contribution in [0, 0.1) is 5.92 Å². The molecule has 19 heavy (non-hydrogen) atoms. The summed E-state index contributed by atoms with van der Waals surface area (Å²) < 4.78 is 0. The highest BCUT2D eigenvalue weighted by molar-refractivity contribution is 5.88. The van der Waals surface area contributed by atoms with E-state index in [4.69, 9.17) is 0 Å². The minimum Gasteiger partial charge on any atom is -0.341 e. The Morgan fingerprint density at radius 2 is 2.00 bits per heavy atom. The van der Waals surface area contributed by atoms with Crippen molar-refractivity contribution in [3.8, 4) is 0 Å². The van der Waals surface area contributed by atoms with Crippen molar-refractivity contribution >= 4 is 11.8 Å². The Hall–Kier alpha value is -1.10. The molecule has 3 aliphatic heterocycles. The summed E-state index contributed by atoms with van der Waals surface area (Å²) in [5.74, 6) is 0.428. The Morgan fingerprint density at radius 1 is 1.21 bits per heavy atom. The number of fused-ring (bicyclic) bond motifs is 1. The number of nitrogens with one attached hydrogen (secondary N) is 1. The fourth-order valence-electron chi connectivity index (χ4n) is 3.55. The molecule has 5 nitrogen and oxygen atoms in total. The molecule has 3 heterocycles. The van der Waals surface area contributed by atoms with Gasteiger partial charge in [-0.2, -0.15) is 0 Å². The summed E-state index contributed by atoms with van der Waals surface area (Å²) in [5.41, 5.74) is 0. The first-order valence-corrected chi connectivity index (χ1v) is 7.55. The highest BCUT2D eigenvalue weighted by Crippen LogP contribution is 2.26. The van der Waals surface area contributed by atoms with E-state index in [1.807, 2.05) is 4.90 Å². The summed E-state index contributed by atoms with van der Waals surface area (Å²) in [6.45, 7) is 3.73. The van der Waals surface area contributed by atoms with Gasteiger partial charge >= 0.3 is 0 Å². The van der Waals surface area contributed by atoms with Crippen molar-refractivity contribution in [2.45, 2.75) is 38.1 Å². The molecule has 2 amide bonds. The number of carbonyl (C=O) groups excluding carboxylic acids is 2. The molecule has 0 bridgehead atoms. The van der Waals surface area contributed by atoms with Crippen LogP contribution < -0.4 is 5.32 Å². The van der Waals surface area contributed by atoms with Gasteiger partial charge in [-0.25, -0.2) is 0 Å². The molecule has 0 spiro atoms. The number of hydrogen-bond acceptors (Lipinski definition) is 3. The molecular formula is C14H23N3O2. The van der Waals surface area contributed by atoms with Gasteiger partial charge in [-0.05, 0) is 38.6 Å². The molecule has 3 rings (SSSR count). The molecular weight excluding hydrogens is 242 g/mol. The van der Waals surface area contributed by atoms with Gasteiger partial charge in [-0.15, -0.1) is 0 Å². The summed E-state index contributed by atoms with van der Waals surface area (Å²) in [6, 6.07) is 0.274. The summed E-state index contributed by atoms with van der Waals surface area (Å²) in [5, 5.41) is 3.41. The summed E-state index contributed by atoms with van der Waals surface area (Å²) in [7, 11) is 0. The number of carbonyl (C=O) groups is 2. The predicted octanol–water partition coefficient (Wildman–Crippen LogP) is 0.209. The predicted molar refractivity (Wildman–Crippen MR) is 71.5 cm³/mol. The minimum absolute atomic E-state index is 0.114. The second kappa shape index (κ2) is 5.49. The van der Waals surface area contributed by atoms with Gasteiger partial charge < -0.3 is 15.1 Å². The first-order valence-electron chi connectivity index (χ1n) is 7.55. The lowest BCUT2D eigenvalue weighted by Gasteiger charge is -2.28. The zero-order valence-electron chi connectivity index (χ0n) is 11.4. The van der Waals surface area contributed by atoms with Crippen molar-refractivity contribution in [3.05, 3.63) is 0 Å². The van der Waals surface area contributed by atoms with Crippen LogP contribution in [-0.4, -0.2) is 60.4 Å². The van der Waals surface area contributed by atoms with Crippen molar-refractivity contribution in [3.63, 3.8) is 0 Å². The van der Waals surface area contributed by atoms with Gasteiger partial charge in [0.15, 0.2) is 0 Å². The summed E-state index contributed by atoms with van der Waals surface area (Å²) >= 11 is 0.